The van der Waals surface area contributed by atoms with Gasteiger partial charge in [0.15, 0.2) is 5.96 Å². The third-order valence-corrected chi connectivity index (χ3v) is 13.1. The number of nitrogens with two attached hydrogens (primary N) is 6. The fraction of sp³-hybridized carbons (Fsp3) is 0.698. The maximum atomic E-state index is 14.2. The van der Waals surface area contributed by atoms with Gasteiger partial charge in [0, 0.05) is 13.0 Å². The molecule has 0 aromatic carbocycles. The average molecular weight is 1240 g/mol. The second-order valence-corrected chi connectivity index (χ2v) is 22.3. The van der Waals surface area contributed by atoms with Crippen LogP contribution >= 0.6 is 0 Å². The number of rotatable bonds is 43. The third-order valence-electron chi connectivity index (χ3n) is 13.1. The number of nitrogens with one attached hydrogen (secondary N) is 11. The molecule has 0 unspecified atom stereocenters. The van der Waals surface area contributed by atoms with Gasteiger partial charge in [0.2, 0.25) is 83.2 Å². The van der Waals surface area contributed by atoms with E-state index in [1.165, 1.54) is 27.7 Å². The molecular formula is C53H94N18O16. The number of carboxylic acid groups (broad SMARTS) is 1. The van der Waals surface area contributed by atoms with E-state index >= 15 is 0 Å². The number of guanidine groups is 1. The zero-order chi connectivity index (χ0) is 67.0. The highest BCUT2D eigenvalue weighted by molar-refractivity contribution is 6.00. The van der Waals surface area contributed by atoms with Crippen molar-refractivity contribution in [2.24, 2.45) is 63.1 Å². The lowest BCUT2D eigenvalue weighted by atomic mass is 9.99. The van der Waals surface area contributed by atoms with Crippen LogP contribution in [0.15, 0.2) is 4.99 Å². The van der Waals surface area contributed by atoms with Gasteiger partial charge in [0.25, 0.3) is 0 Å². The first-order valence-corrected chi connectivity index (χ1v) is 28.5. The van der Waals surface area contributed by atoms with Crippen LogP contribution in [0.1, 0.15) is 133 Å². The standard InChI is InChI=1S/C53H94N18O16/c1-24(2)20-33(67-46(80)32(16-17-36(55)73)64-42(76)28(9)63-50(84)40(26(5)6)71-49(83)39(25(3)4)61-23-72)47(81)68-34(21-37(56)74)48(82)66-30(14-11-12-18-54)45(79)65-31(15-13-19-60-53(58)59)44(78)62-29(10)43(77)70-41(27(7)8)51(85)69-35(52(86)87)22-38(57)75/h23-35,39-41H,11-22,54H2,1-10H3,(H2,55,73)(H2,56,74)(H2,57,75)(H,61,72)(H,62,78)(H,63,84)(H,64,76)(H,65,79)(H,66,82)(H,67,80)(H,68,81)(H,69,85)(H,70,77)(H,71,83)(H,86,87)(H4,58,59,60)/t28-,29+,30+,31-,32+,33+,34-,35+,39-,40-,41-/m1/s1. The number of nitrogens with zero attached hydrogens (tertiary/aromatic N) is 1. The molecule has 0 saturated carbocycles. The molecule has 0 spiro atoms. The molecule has 0 aromatic rings. The number of unbranched alkanes of at least 4 members (excludes halogenated alkanes) is 1. The van der Waals surface area contributed by atoms with Gasteiger partial charge in [-0.1, -0.05) is 55.4 Å². The van der Waals surface area contributed by atoms with E-state index in [-0.39, 0.29) is 63.0 Å². The monoisotopic (exact) mass is 1240 g/mol. The summed E-state index contributed by atoms with van der Waals surface area (Å²) in [7, 11) is 0. The summed E-state index contributed by atoms with van der Waals surface area (Å²) < 4.78 is 0. The Balaban J connectivity index is 6.82. The van der Waals surface area contributed by atoms with Crippen molar-refractivity contribution in [3.63, 3.8) is 0 Å². The molecule has 24 N–H and O–H groups in total. The summed E-state index contributed by atoms with van der Waals surface area (Å²) >= 11 is 0. The number of hydrogen-bond donors (Lipinski definition) is 18. The third kappa shape index (κ3) is 30.8. The van der Waals surface area contributed by atoms with Gasteiger partial charge < -0.3 is 98.0 Å². The van der Waals surface area contributed by atoms with Crippen LogP contribution in [0.25, 0.3) is 0 Å². The van der Waals surface area contributed by atoms with Crippen molar-refractivity contribution in [3.05, 3.63) is 0 Å². The van der Waals surface area contributed by atoms with Crippen LogP contribution in [0.5, 0.6) is 0 Å². The summed E-state index contributed by atoms with van der Waals surface area (Å²) in [6.45, 7) is 15.7. The topological polar surface area (TPSA) is 577 Å². The predicted octanol–water partition coefficient (Wildman–Crippen LogP) is -6.71. The smallest absolute Gasteiger partial charge is 0.326 e. The maximum absolute atomic E-state index is 14.2. The molecule has 0 fully saturated rings. The first-order chi connectivity index (χ1) is 40.5. The molecule has 0 saturated heterocycles. The van der Waals surface area contributed by atoms with E-state index in [1.54, 1.807) is 41.5 Å². The van der Waals surface area contributed by atoms with Crippen molar-refractivity contribution >= 4 is 95.1 Å². The predicted molar refractivity (Wildman–Crippen MR) is 314 cm³/mol. The van der Waals surface area contributed by atoms with E-state index < -0.39 is 187 Å². The summed E-state index contributed by atoms with van der Waals surface area (Å²) in [4.78, 5) is 200. The number of amides is 14. The first-order valence-electron chi connectivity index (χ1n) is 28.5. The van der Waals surface area contributed by atoms with Crippen LogP contribution in [-0.2, 0) is 71.9 Å². The van der Waals surface area contributed by atoms with Crippen LogP contribution in [0.4, 0.5) is 0 Å². The molecule has 11 atom stereocenters. The average Bonchev–Trinajstić information content (AvgIpc) is 2.90. The molecule has 0 bridgehead atoms. The van der Waals surface area contributed by atoms with Gasteiger partial charge in [0.1, 0.15) is 66.5 Å². The highest BCUT2D eigenvalue weighted by Gasteiger charge is 2.37. The first kappa shape index (κ1) is 78.3. The Labute approximate surface area is 505 Å². The van der Waals surface area contributed by atoms with E-state index in [9.17, 15) is 77.0 Å². The quantitative estimate of drug-likeness (QED) is 0.0117. The second-order valence-electron chi connectivity index (χ2n) is 22.3. The second kappa shape index (κ2) is 39.8. The van der Waals surface area contributed by atoms with Crippen LogP contribution in [0.2, 0.25) is 0 Å². The Morgan fingerprint density at radius 3 is 1.23 bits per heavy atom. The highest BCUT2D eigenvalue weighted by atomic mass is 16.4. The number of carboxylic acids is 1. The van der Waals surface area contributed by atoms with Gasteiger partial charge in [-0.2, -0.15) is 0 Å². The Hall–Kier alpha value is -8.72. The van der Waals surface area contributed by atoms with Crippen molar-refractivity contribution in [2.75, 3.05) is 13.1 Å². The molecule has 87 heavy (non-hydrogen) atoms. The normalized spacial score (nSPS) is 14.9. The Morgan fingerprint density at radius 1 is 0.414 bits per heavy atom. The number of aliphatic imine (C=N–C) groups is 1. The largest absolute Gasteiger partial charge is 0.480 e. The van der Waals surface area contributed by atoms with Crippen molar-refractivity contribution in [1.82, 2.24) is 58.5 Å². The van der Waals surface area contributed by atoms with Crippen molar-refractivity contribution < 1.29 is 77.0 Å². The summed E-state index contributed by atoms with van der Waals surface area (Å²) in [6, 6.07) is -15.9. The summed E-state index contributed by atoms with van der Waals surface area (Å²) in [5.41, 5.74) is 32.7. The Morgan fingerprint density at radius 2 is 0.782 bits per heavy atom. The van der Waals surface area contributed by atoms with Crippen molar-refractivity contribution in [2.45, 2.75) is 200 Å². The molecule has 0 rings (SSSR count). The van der Waals surface area contributed by atoms with Crippen LogP contribution < -0.4 is 92.9 Å². The minimum atomic E-state index is -1.81. The molecule has 0 aromatic heterocycles. The Bertz CT molecular complexity index is 2440. The number of primary amides is 3. The number of carbonyl (C=O) groups excluding carboxylic acids is 14. The van der Waals surface area contributed by atoms with Gasteiger partial charge in [0.05, 0.1) is 12.8 Å². The number of carbonyl (C=O) groups is 15. The van der Waals surface area contributed by atoms with E-state index in [2.05, 4.69) is 63.5 Å². The summed E-state index contributed by atoms with van der Waals surface area (Å²) in [6.07, 6.45) is -1.93. The fourth-order valence-electron chi connectivity index (χ4n) is 8.24. The van der Waals surface area contributed by atoms with Crippen LogP contribution in [-0.4, -0.2) is 180 Å². The lowest BCUT2D eigenvalue weighted by Crippen LogP contribution is -2.61. The molecule has 34 heteroatoms. The van der Waals surface area contributed by atoms with E-state index in [0.717, 1.165) is 0 Å². The SMILES string of the molecule is CC(C)C[C@H](NC(=O)[C@H](CCC(N)=O)NC(=O)[C@@H](C)NC(=O)[C@H](NC(=O)[C@H](NC=O)C(C)C)C(C)C)C(=O)N[C@H](CC(N)=O)C(=O)N[C@@H](CCCCN)C(=O)N[C@H](CCCN=C(N)N)C(=O)N[C@@H](C)C(=O)N[C@@H](C(=O)N[C@@H](CC(N)=O)C(=O)O)C(C)C. The van der Waals surface area contributed by atoms with Gasteiger partial charge >= 0.3 is 5.97 Å². The highest BCUT2D eigenvalue weighted by Crippen LogP contribution is 2.12. The zero-order valence-corrected chi connectivity index (χ0v) is 51.2. The van der Waals surface area contributed by atoms with E-state index in [0.29, 0.717) is 12.8 Å². The zero-order valence-electron chi connectivity index (χ0n) is 51.2. The molecular weight excluding hydrogens is 1140 g/mol. The Kier molecular flexibility index (Phi) is 35.8. The molecule has 14 amide bonds. The molecule has 0 heterocycles. The van der Waals surface area contributed by atoms with Crippen LogP contribution in [0.3, 0.4) is 0 Å². The van der Waals surface area contributed by atoms with Gasteiger partial charge in [-0.3, -0.25) is 72.1 Å². The fourth-order valence-corrected chi connectivity index (χ4v) is 8.24. The minimum Gasteiger partial charge on any atom is -0.480 e. The number of aliphatic carboxylic acids is 1. The summed E-state index contributed by atoms with van der Waals surface area (Å²) in [5.74, 6) is -16.1. The van der Waals surface area contributed by atoms with Crippen LogP contribution in [0, 0.1) is 23.7 Å². The van der Waals surface area contributed by atoms with Gasteiger partial charge in [-0.05, 0) is 89.0 Å². The molecule has 0 aliphatic heterocycles. The number of hydrogen-bond acceptors (Lipinski definition) is 17. The van der Waals surface area contributed by atoms with Gasteiger partial charge in [-0.25, -0.2) is 4.79 Å². The molecule has 0 aliphatic carbocycles. The van der Waals surface area contributed by atoms with E-state index in [1.807, 2.05) is 0 Å². The molecule has 0 radical (unpaired) electrons. The van der Waals surface area contributed by atoms with Crippen molar-refractivity contribution in [1.29, 1.82) is 0 Å². The molecule has 492 valence electrons. The minimum absolute atomic E-state index is 0.0348. The molecule has 0 aliphatic rings. The summed E-state index contributed by atoms with van der Waals surface area (Å²) in [5, 5.41) is 36.3. The van der Waals surface area contributed by atoms with E-state index in [4.69, 9.17) is 34.4 Å². The molecule has 34 nitrogen and oxygen atoms in total. The van der Waals surface area contributed by atoms with Gasteiger partial charge in [-0.15, -0.1) is 0 Å². The van der Waals surface area contributed by atoms with Crippen molar-refractivity contribution in [3.8, 4) is 0 Å². The lowest BCUT2D eigenvalue weighted by Gasteiger charge is -2.28. The lowest BCUT2D eigenvalue weighted by molar-refractivity contribution is -0.144. The maximum Gasteiger partial charge on any atom is 0.326 e.